The number of fused-ring (bicyclic) bond motifs is 1. The molecule has 5 nitrogen and oxygen atoms in total. The van der Waals surface area contributed by atoms with E-state index in [1.54, 1.807) is 12.7 Å². The molecule has 2 aliphatic rings. The zero-order chi connectivity index (χ0) is 11.5. The Kier molecular flexibility index (Phi) is 2.50. The first-order chi connectivity index (χ1) is 8.43. The molecule has 1 N–H and O–H groups in total. The van der Waals surface area contributed by atoms with Gasteiger partial charge in [0.2, 0.25) is 0 Å². The molecule has 0 aliphatic carbocycles. The van der Waals surface area contributed by atoms with Crippen LogP contribution in [0.3, 0.4) is 0 Å². The fourth-order valence-corrected chi connectivity index (χ4v) is 1.73. The zero-order valence-corrected chi connectivity index (χ0v) is 9.11. The van der Waals surface area contributed by atoms with Crippen LogP contribution < -0.4 is 5.32 Å². The van der Waals surface area contributed by atoms with Crippen molar-refractivity contribution in [1.29, 1.82) is 0 Å². The van der Waals surface area contributed by atoms with Crippen LogP contribution in [0.15, 0.2) is 50.3 Å². The van der Waals surface area contributed by atoms with Crippen LogP contribution in [0.25, 0.3) is 0 Å². The third-order valence-corrected chi connectivity index (χ3v) is 2.59. The normalized spacial score (nSPS) is 23.4. The van der Waals surface area contributed by atoms with E-state index in [9.17, 15) is 0 Å². The van der Waals surface area contributed by atoms with Gasteiger partial charge in [-0.2, -0.15) is 0 Å². The summed E-state index contributed by atoms with van der Waals surface area (Å²) < 4.78 is 0. The van der Waals surface area contributed by atoms with Gasteiger partial charge < -0.3 is 5.32 Å². The van der Waals surface area contributed by atoms with Crippen LogP contribution in [0.4, 0.5) is 0 Å². The molecule has 0 spiro atoms. The molecule has 84 valence electrons. The lowest BCUT2D eigenvalue weighted by Crippen LogP contribution is -2.40. The second kappa shape index (κ2) is 4.29. The lowest BCUT2D eigenvalue weighted by molar-refractivity contribution is 1.00. The fourth-order valence-electron chi connectivity index (χ4n) is 1.73. The van der Waals surface area contributed by atoms with Crippen molar-refractivity contribution in [3.63, 3.8) is 0 Å². The van der Waals surface area contributed by atoms with Crippen molar-refractivity contribution in [2.45, 2.75) is 12.6 Å². The number of hydrogen-bond donors (Lipinski definition) is 1. The Balaban J connectivity index is 1.80. The Morgan fingerprint density at radius 2 is 2.12 bits per heavy atom. The van der Waals surface area contributed by atoms with Crippen LogP contribution in [-0.2, 0) is 6.54 Å². The molecule has 0 aromatic heterocycles. The van der Waals surface area contributed by atoms with E-state index >= 15 is 0 Å². The summed E-state index contributed by atoms with van der Waals surface area (Å²) in [6, 6.07) is 9.93. The maximum atomic E-state index is 4.48. The van der Waals surface area contributed by atoms with E-state index in [1.807, 2.05) is 30.3 Å². The predicted molar refractivity (Wildman–Crippen MR) is 68.9 cm³/mol. The number of nitrogens with zero attached hydrogens (tertiary/aromatic N) is 4. The van der Waals surface area contributed by atoms with E-state index in [-0.39, 0.29) is 6.04 Å². The highest BCUT2D eigenvalue weighted by atomic mass is 15.2. The SMILES string of the molecule is C1=NC(=NCc2ccccc2)[C@H]2N=CN=C2N1. The highest BCUT2D eigenvalue weighted by molar-refractivity contribution is 6.21. The summed E-state index contributed by atoms with van der Waals surface area (Å²) in [6.07, 6.45) is 3.15. The molecule has 0 saturated heterocycles. The minimum atomic E-state index is -0.149. The molecule has 5 heteroatoms. The number of rotatable bonds is 2. The van der Waals surface area contributed by atoms with Crippen LogP contribution in [0.1, 0.15) is 5.56 Å². The lowest BCUT2D eigenvalue weighted by atomic mass is 10.2. The van der Waals surface area contributed by atoms with E-state index < -0.39 is 0 Å². The van der Waals surface area contributed by atoms with Crippen LogP contribution in [0.2, 0.25) is 0 Å². The molecule has 0 amide bonds. The van der Waals surface area contributed by atoms with Crippen molar-refractivity contribution >= 4 is 24.3 Å². The Morgan fingerprint density at radius 3 is 3.00 bits per heavy atom. The molecule has 0 unspecified atom stereocenters. The molecular formula is C12H11N5. The van der Waals surface area contributed by atoms with Gasteiger partial charge in [-0.15, -0.1) is 0 Å². The topological polar surface area (TPSA) is 61.5 Å². The summed E-state index contributed by atoms with van der Waals surface area (Å²) in [6.45, 7) is 0.618. The first-order valence-corrected chi connectivity index (χ1v) is 5.40. The smallest absolute Gasteiger partial charge is 0.168 e. The van der Waals surface area contributed by atoms with E-state index in [1.165, 1.54) is 0 Å². The average Bonchev–Trinajstić information content (AvgIpc) is 2.86. The summed E-state index contributed by atoms with van der Waals surface area (Å²) in [5.41, 5.74) is 1.16. The molecule has 0 bridgehead atoms. The van der Waals surface area contributed by atoms with Crippen molar-refractivity contribution in [1.82, 2.24) is 5.32 Å². The van der Waals surface area contributed by atoms with E-state index in [0.29, 0.717) is 12.4 Å². The standard InChI is InChI=1S/C12H11N5/c1-2-4-9(5-3-1)6-13-11-10-12(15-7-14-10)17-8-16-11/h1-5,7-8,10H,6H2,(H,13,14,15,16,17)/t10-/m1/s1. The minimum Gasteiger partial charge on any atom is -0.332 e. The van der Waals surface area contributed by atoms with Gasteiger partial charge in [-0.25, -0.2) is 9.98 Å². The van der Waals surface area contributed by atoms with Crippen LogP contribution in [-0.4, -0.2) is 30.4 Å². The highest BCUT2D eigenvalue weighted by Crippen LogP contribution is 2.09. The molecule has 2 heterocycles. The maximum absolute atomic E-state index is 4.48. The maximum Gasteiger partial charge on any atom is 0.168 e. The number of aliphatic imine (C=N–C) groups is 4. The Hall–Kier alpha value is -2.30. The molecule has 0 radical (unpaired) electrons. The van der Waals surface area contributed by atoms with Crippen molar-refractivity contribution in [2.24, 2.45) is 20.0 Å². The first kappa shape index (κ1) is 9.89. The molecule has 1 aromatic carbocycles. The molecule has 1 atom stereocenters. The van der Waals surface area contributed by atoms with Crippen molar-refractivity contribution in [2.75, 3.05) is 0 Å². The second-order valence-electron chi connectivity index (χ2n) is 3.74. The number of benzene rings is 1. The van der Waals surface area contributed by atoms with Crippen molar-refractivity contribution < 1.29 is 0 Å². The Morgan fingerprint density at radius 1 is 1.24 bits per heavy atom. The third-order valence-electron chi connectivity index (χ3n) is 2.59. The monoisotopic (exact) mass is 225 g/mol. The molecule has 1 aromatic rings. The largest absolute Gasteiger partial charge is 0.332 e. The van der Waals surface area contributed by atoms with E-state index in [4.69, 9.17) is 0 Å². The number of hydrogen-bond acceptors (Lipinski definition) is 4. The summed E-state index contributed by atoms with van der Waals surface area (Å²) in [4.78, 5) is 17.0. The summed E-state index contributed by atoms with van der Waals surface area (Å²) >= 11 is 0. The van der Waals surface area contributed by atoms with E-state index in [2.05, 4.69) is 25.3 Å². The van der Waals surface area contributed by atoms with Gasteiger partial charge in [-0.1, -0.05) is 30.3 Å². The van der Waals surface area contributed by atoms with Gasteiger partial charge in [0.15, 0.2) is 11.9 Å². The lowest BCUT2D eigenvalue weighted by Gasteiger charge is -2.14. The van der Waals surface area contributed by atoms with E-state index in [0.717, 1.165) is 11.4 Å². The summed E-state index contributed by atoms with van der Waals surface area (Å²) in [5.74, 6) is 1.51. The zero-order valence-electron chi connectivity index (χ0n) is 9.11. The van der Waals surface area contributed by atoms with Gasteiger partial charge in [-0.05, 0) is 5.56 Å². The quantitative estimate of drug-likeness (QED) is 0.802. The van der Waals surface area contributed by atoms with Gasteiger partial charge >= 0.3 is 0 Å². The third kappa shape index (κ3) is 1.99. The van der Waals surface area contributed by atoms with Gasteiger partial charge in [0.25, 0.3) is 0 Å². The van der Waals surface area contributed by atoms with Crippen molar-refractivity contribution in [3.05, 3.63) is 35.9 Å². The first-order valence-electron chi connectivity index (χ1n) is 5.40. The molecule has 3 rings (SSSR count). The van der Waals surface area contributed by atoms with Crippen molar-refractivity contribution in [3.8, 4) is 0 Å². The molecule has 0 saturated carbocycles. The van der Waals surface area contributed by atoms with Crippen LogP contribution >= 0.6 is 0 Å². The number of amidine groups is 2. The molecule has 17 heavy (non-hydrogen) atoms. The minimum absolute atomic E-state index is 0.149. The molecule has 0 fully saturated rings. The Labute approximate surface area is 98.7 Å². The molecular weight excluding hydrogens is 214 g/mol. The second-order valence-corrected chi connectivity index (χ2v) is 3.74. The van der Waals surface area contributed by atoms with Crippen LogP contribution in [0.5, 0.6) is 0 Å². The van der Waals surface area contributed by atoms with Gasteiger partial charge in [0, 0.05) is 0 Å². The summed E-state index contributed by atoms with van der Waals surface area (Å²) in [7, 11) is 0. The predicted octanol–water partition coefficient (Wildman–Crippen LogP) is 1.03. The highest BCUT2D eigenvalue weighted by Gasteiger charge is 2.25. The van der Waals surface area contributed by atoms with Gasteiger partial charge in [0.05, 0.1) is 12.9 Å². The van der Waals surface area contributed by atoms with Gasteiger partial charge in [0.1, 0.15) is 12.2 Å². The average molecular weight is 225 g/mol. The Bertz CT molecular complexity index is 527. The molecule has 2 aliphatic heterocycles. The fraction of sp³-hybridized carbons (Fsp3) is 0.167. The van der Waals surface area contributed by atoms with Crippen LogP contribution in [0, 0.1) is 0 Å². The number of nitrogens with one attached hydrogen (secondary N) is 1. The summed E-state index contributed by atoms with van der Waals surface area (Å²) in [5, 5.41) is 2.96. The van der Waals surface area contributed by atoms with Gasteiger partial charge in [-0.3, -0.25) is 9.98 Å².